The van der Waals surface area contributed by atoms with Gasteiger partial charge >= 0.3 is 0 Å². The fourth-order valence-electron chi connectivity index (χ4n) is 2.96. The molecular weight excluding hydrogens is 280 g/mol. The Morgan fingerprint density at radius 2 is 1.86 bits per heavy atom. The topological polar surface area (TPSA) is 58.6 Å². The van der Waals surface area contributed by atoms with E-state index in [1.165, 1.54) is 0 Å². The number of ether oxygens (including phenoxy) is 1. The quantitative estimate of drug-likeness (QED) is 0.921. The van der Waals surface area contributed by atoms with E-state index in [1.54, 1.807) is 0 Å². The summed E-state index contributed by atoms with van der Waals surface area (Å²) in [4.78, 5) is 26.0. The maximum absolute atomic E-state index is 12.2. The Labute approximate surface area is 130 Å². The van der Waals surface area contributed by atoms with Gasteiger partial charge in [-0.1, -0.05) is 12.1 Å². The molecule has 1 aromatic rings. The van der Waals surface area contributed by atoms with Gasteiger partial charge in [-0.25, -0.2) is 0 Å². The zero-order valence-corrected chi connectivity index (χ0v) is 12.7. The number of rotatable bonds is 4. The average Bonchev–Trinajstić information content (AvgIpc) is 3.25. The number of nitrogens with one attached hydrogen (secondary N) is 1. The number of amides is 2. The van der Waals surface area contributed by atoms with Crippen LogP contribution in [0, 0.1) is 0 Å². The van der Waals surface area contributed by atoms with Crippen LogP contribution in [0.4, 0.5) is 0 Å². The Kier molecular flexibility index (Phi) is 4.73. The lowest BCUT2D eigenvalue weighted by molar-refractivity contribution is -0.130. The Balaban J connectivity index is 1.52. The molecule has 0 radical (unpaired) electrons. The fraction of sp³-hybridized carbons (Fsp3) is 0.529. The van der Waals surface area contributed by atoms with Crippen LogP contribution in [0.3, 0.4) is 0 Å². The Morgan fingerprint density at radius 3 is 2.50 bits per heavy atom. The lowest BCUT2D eigenvalue weighted by Crippen LogP contribution is -2.33. The van der Waals surface area contributed by atoms with Crippen LogP contribution in [-0.2, 0) is 16.1 Å². The minimum absolute atomic E-state index is 0.0466. The zero-order chi connectivity index (χ0) is 15.4. The van der Waals surface area contributed by atoms with Gasteiger partial charge in [0, 0.05) is 31.8 Å². The highest BCUT2D eigenvalue weighted by atomic mass is 16.5. The summed E-state index contributed by atoms with van der Waals surface area (Å²) < 4.78 is 5.35. The zero-order valence-electron chi connectivity index (χ0n) is 12.7. The first-order valence-corrected chi connectivity index (χ1v) is 8.01. The highest BCUT2D eigenvalue weighted by Gasteiger charge is 2.23. The molecule has 2 amide bonds. The Morgan fingerprint density at radius 1 is 1.14 bits per heavy atom. The van der Waals surface area contributed by atoms with Crippen molar-refractivity contribution in [3.8, 4) is 0 Å². The first kappa shape index (κ1) is 15.0. The van der Waals surface area contributed by atoms with Gasteiger partial charge in [0.25, 0.3) is 5.91 Å². The number of likely N-dealkylation sites (tertiary alicyclic amines) is 1. The molecule has 5 nitrogen and oxygen atoms in total. The molecule has 2 saturated heterocycles. The van der Waals surface area contributed by atoms with Gasteiger partial charge in [0.1, 0.15) is 6.10 Å². The van der Waals surface area contributed by atoms with Gasteiger partial charge in [0.15, 0.2) is 0 Å². The van der Waals surface area contributed by atoms with Crippen molar-refractivity contribution in [2.75, 3.05) is 19.7 Å². The molecule has 1 atom stereocenters. The van der Waals surface area contributed by atoms with E-state index in [2.05, 4.69) is 5.32 Å². The van der Waals surface area contributed by atoms with Gasteiger partial charge < -0.3 is 15.0 Å². The predicted octanol–water partition coefficient (Wildman–Crippen LogP) is 1.72. The smallest absolute Gasteiger partial charge is 0.253 e. The van der Waals surface area contributed by atoms with E-state index in [1.807, 2.05) is 29.2 Å². The molecule has 1 aromatic carbocycles. The second-order valence-electron chi connectivity index (χ2n) is 5.92. The van der Waals surface area contributed by atoms with Crippen LogP contribution in [0.5, 0.6) is 0 Å². The Hall–Kier alpha value is -1.88. The number of nitrogens with zero attached hydrogens (tertiary/aromatic N) is 1. The van der Waals surface area contributed by atoms with Gasteiger partial charge in [-0.05, 0) is 43.4 Å². The van der Waals surface area contributed by atoms with Crippen LogP contribution < -0.4 is 5.32 Å². The van der Waals surface area contributed by atoms with Gasteiger partial charge in [-0.15, -0.1) is 0 Å². The average molecular weight is 302 g/mol. The molecule has 2 aliphatic rings. The van der Waals surface area contributed by atoms with Crippen molar-refractivity contribution in [2.24, 2.45) is 0 Å². The summed E-state index contributed by atoms with van der Waals surface area (Å²) in [6, 6.07) is 7.49. The van der Waals surface area contributed by atoms with E-state index < -0.39 is 0 Å². The summed E-state index contributed by atoms with van der Waals surface area (Å²) in [6.07, 6.45) is 3.65. The van der Waals surface area contributed by atoms with Crippen molar-refractivity contribution in [3.05, 3.63) is 35.4 Å². The van der Waals surface area contributed by atoms with Crippen molar-refractivity contribution < 1.29 is 14.3 Å². The molecule has 0 spiro atoms. The first-order valence-electron chi connectivity index (χ1n) is 8.01. The summed E-state index contributed by atoms with van der Waals surface area (Å²) in [7, 11) is 0. The number of carbonyl (C=O) groups is 2. The summed E-state index contributed by atoms with van der Waals surface area (Å²) in [5, 5.41) is 2.89. The van der Waals surface area contributed by atoms with Gasteiger partial charge in [-0.2, -0.15) is 0 Å². The van der Waals surface area contributed by atoms with Gasteiger partial charge in [-0.3, -0.25) is 9.59 Å². The maximum Gasteiger partial charge on any atom is 0.253 e. The molecule has 2 aliphatic heterocycles. The molecule has 0 unspecified atom stereocenters. The van der Waals surface area contributed by atoms with Crippen LogP contribution in [0.15, 0.2) is 24.3 Å². The molecule has 5 heteroatoms. The van der Waals surface area contributed by atoms with E-state index in [0.29, 0.717) is 13.2 Å². The normalized spacial score (nSPS) is 21.1. The van der Waals surface area contributed by atoms with E-state index in [4.69, 9.17) is 4.74 Å². The van der Waals surface area contributed by atoms with Crippen molar-refractivity contribution in [1.82, 2.24) is 10.2 Å². The van der Waals surface area contributed by atoms with E-state index in [9.17, 15) is 9.59 Å². The lowest BCUT2D eigenvalue weighted by Gasteiger charge is -2.15. The molecule has 2 heterocycles. The lowest BCUT2D eigenvalue weighted by atomic mass is 10.1. The largest absolute Gasteiger partial charge is 0.368 e. The van der Waals surface area contributed by atoms with Gasteiger partial charge in [0.05, 0.1) is 0 Å². The molecular formula is C17H22N2O3. The third-order valence-corrected chi connectivity index (χ3v) is 4.28. The predicted molar refractivity (Wildman–Crippen MR) is 82.4 cm³/mol. The molecule has 2 fully saturated rings. The van der Waals surface area contributed by atoms with Crippen LogP contribution in [0.2, 0.25) is 0 Å². The van der Waals surface area contributed by atoms with E-state index in [0.717, 1.165) is 49.9 Å². The van der Waals surface area contributed by atoms with Crippen molar-refractivity contribution in [1.29, 1.82) is 0 Å². The highest BCUT2D eigenvalue weighted by Crippen LogP contribution is 2.14. The standard InChI is InChI=1S/C17H22N2O3/c20-16(15-4-3-11-22-15)18-12-13-5-7-14(8-6-13)17(21)19-9-1-2-10-19/h5-8,15H,1-4,9-12H2,(H,18,20)/t15-/m0/s1. The summed E-state index contributed by atoms with van der Waals surface area (Å²) in [5.74, 6) is 0.0576. The molecule has 0 aliphatic carbocycles. The van der Waals surface area contributed by atoms with E-state index >= 15 is 0 Å². The van der Waals surface area contributed by atoms with Crippen LogP contribution in [0.1, 0.15) is 41.6 Å². The minimum Gasteiger partial charge on any atom is -0.368 e. The number of benzene rings is 1. The van der Waals surface area contributed by atoms with Gasteiger partial charge in [0.2, 0.25) is 5.91 Å². The first-order chi connectivity index (χ1) is 10.7. The Bertz CT molecular complexity index is 529. The molecule has 22 heavy (non-hydrogen) atoms. The SMILES string of the molecule is O=C(NCc1ccc(C(=O)N2CCCC2)cc1)[C@@H]1CCCO1. The minimum atomic E-state index is -0.295. The number of carbonyl (C=O) groups excluding carboxylic acids is 2. The fourth-order valence-corrected chi connectivity index (χ4v) is 2.96. The molecule has 3 rings (SSSR count). The summed E-state index contributed by atoms with van der Waals surface area (Å²) in [5.41, 5.74) is 1.71. The molecule has 118 valence electrons. The molecule has 1 N–H and O–H groups in total. The van der Waals surface area contributed by atoms with Crippen molar-refractivity contribution in [3.63, 3.8) is 0 Å². The molecule has 0 bridgehead atoms. The molecule has 0 saturated carbocycles. The van der Waals surface area contributed by atoms with Crippen LogP contribution in [-0.4, -0.2) is 42.5 Å². The monoisotopic (exact) mass is 302 g/mol. The summed E-state index contributed by atoms with van der Waals surface area (Å²) in [6.45, 7) is 2.86. The second-order valence-corrected chi connectivity index (χ2v) is 5.92. The van der Waals surface area contributed by atoms with Crippen LogP contribution >= 0.6 is 0 Å². The van der Waals surface area contributed by atoms with Crippen molar-refractivity contribution in [2.45, 2.75) is 38.3 Å². The maximum atomic E-state index is 12.2. The molecule has 0 aromatic heterocycles. The number of hydrogen-bond acceptors (Lipinski definition) is 3. The van der Waals surface area contributed by atoms with E-state index in [-0.39, 0.29) is 17.9 Å². The van der Waals surface area contributed by atoms with Crippen LogP contribution in [0.25, 0.3) is 0 Å². The third kappa shape index (κ3) is 3.47. The summed E-state index contributed by atoms with van der Waals surface area (Å²) >= 11 is 0. The number of hydrogen-bond donors (Lipinski definition) is 1. The third-order valence-electron chi connectivity index (χ3n) is 4.28. The second kappa shape index (κ2) is 6.92. The highest BCUT2D eigenvalue weighted by molar-refractivity contribution is 5.94. The van der Waals surface area contributed by atoms with Crippen molar-refractivity contribution >= 4 is 11.8 Å².